The standard InChI is InChI=1S/C14H14F3N3O2S/c1-2-3-12-14(19-7-6-18-12)20-23(21,22)9-4-5-11(15)10(8-9)13(16)17/h4-8,13H,2-3H2,1H3,(H,19,20). The molecule has 0 aliphatic heterocycles. The fraction of sp³-hybridized carbons (Fsp3) is 0.286. The Bertz CT molecular complexity index is 798. The van der Waals surface area contributed by atoms with Crippen LogP contribution in [0, 0.1) is 5.82 Å². The van der Waals surface area contributed by atoms with Crippen LogP contribution in [-0.4, -0.2) is 18.4 Å². The van der Waals surface area contributed by atoms with Crippen LogP contribution in [-0.2, 0) is 16.4 Å². The van der Waals surface area contributed by atoms with Crippen LogP contribution in [0.3, 0.4) is 0 Å². The van der Waals surface area contributed by atoms with Crippen molar-refractivity contribution in [2.75, 3.05) is 4.72 Å². The van der Waals surface area contributed by atoms with Gasteiger partial charge in [-0.25, -0.2) is 26.6 Å². The molecule has 0 saturated carbocycles. The molecule has 0 fully saturated rings. The van der Waals surface area contributed by atoms with Crippen LogP contribution in [0.15, 0.2) is 35.5 Å². The van der Waals surface area contributed by atoms with Gasteiger partial charge in [0.15, 0.2) is 5.82 Å². The Morgan fingerprint density at radius 3 is 2.57 bits per heavy atom. The lowest BCUT2D eigenvalue weighted by atomic mass is 10.2. The van der Waals surface area contributed by atoms with Gasteiger partial charge in [0.25, 0.3) is 16.4 Å². The number of anilines is 1. The molecule has 23 heavy (non-hydrogen) atoms. The van der Waals surface area contributed by atoms with Gasteiger partial charge in [-0.15, -0.1) is 0 Å². The van der Waals surface area contributed by atoms with Crippen molar-refractivity contribution < 1.29 is 21.6 Å². The van der Waals surface area contributed by atoms with Crippen LogP contribution < -0.4 is 4.72 Å². The van der Waals surface area contributed by atoms with Gasteiger partial charge in [-0.3, -0.25) is 9.71 Å². The van der Waals surface area contributed by atoms with Crippen molar-refractivity contribution in [2.45, 2.75) is 31.1 Å². The SMILES string of the molecule is CCCc1nccnc1NS(=O)(=O)c1ccc(F)c(C(F)F)c1. The molecular weight excluding hydrogens is 331 g/mol. The smallest absolute Gasteiger partial charge is 0.262 e. The molecule has 0 aliphatic carbocycles. The second kappa shape index (κ2) is 6.95. The molecule has 0 spiro atoms. The van der Waals surface area contributed by atoms with E-state index in [1.165, 1.54) is 12.4 Å². The maximum absolute atomic E-state index is 13.3. The minimum absolute atomic E-state index is 0.0253. The third-order valence-electron chi connectivity index (χ3n) is 3.00. The molecule has 1 aromatic carbocycles. The fourth-order valence-corrected chi connectivity index (χ4v) is 2.99. The molecule has 9 heteroatoms. The molecule has 1 aromatic heterocycles. The summed E-state index contributed by atoms with van der Waals surface area (Å²) in [6.45, 7) is 1.89. The summed E-state index contributed by atoms with van der Waals surface area (Å²) in [5, 5.41) is 0. The summed E-state index contributed by atoms with van der Waals surface area (Å²) >= 11 is 0. The van der Waals surface area contributed by atoms with Crippen molar-refractivity contribution in [3.05, 3.63) is 47.7 Å². The largest absolute Gasteiger partial charge is 0.266 e. The fourth-order valence-electron chi connectivity index (χ4n) is 1.91. The van der Waals surface area contributed by atoms with Gasteiger partial charge < -0.3 is 0 Å². The molecule has 0 atom stereocenters. The van der Waals surface area contributed by atoms with E-state index in [0.29, 0.717) is 24.2 Å². The summed E-state index contributed by atoms with van der Waals surface area (Å²) in [5.74, 6) is -1.14. The summed E-state index contributed by atoms with van der Waals surface area (Å²) in [6, 6.07) is 2.22. The lowest BCUT2D eigenvalue weighted by Crippen LogP contribution is -2.16. The Balaban J connectivity index is 2.38. The van der Waals surface area contributed by atoms with Gasteiger partial charge in [0.05, 0.1) is 16.2 Å². The number of hydrogen-bond acceptors (Lipinski definition) is 4. The van der Waals surface area contributed by atoms with Gasteiger partial charge in [-0.05, 0) is 24.6 Å². The van der Waals surface area contributed by atoms with Gasteiger partial charge in [0.2, 0.25) is 0 Å². The van der Waals surface area contributed by atoms with E-state index in [1.807, 2.05) is 6.92 Å². The molecule has 0 bridgehead atoms. The molecule has 2 rings (SSSR count). The number of benzene rings is 1. The first kappa shape index (κ1) is 17.2. The van der Waals surface area contributed by atoms with E-state index in [4.69, 9.17) is 0 Å². The van der Waals surface area contributed by atoms with Crippen molar-refractivity contribution >= 4 is 15.8 Å². The average Bonchev–Trinajstić information content (AvgIpc) is 2.49. The van der Waals surface area contributed by atoms with Crippen molar-refractivity contribution in [1.82, 2.24) is 9.97 Å². The topological polar surface area (TPSA) is 72.0 Å². The zero-order valence-electron chi connectivity index (χ0n) is 12.1. The highest BCUT2D eigenvalue weighted by Gasteiger charge is 2.21. The lowest BCUT2D eigenvalue weighted by molar-refractivity contribution is 0.146. The zero-order valence-corrected chi connectivity index (χ0v) is 12.9. The summed E-state index contributed by atoms with van der Waals surface area (Å²) < 4.78 is 65.5. The second-order valence-corrected chi connectivity index (χ2v) is 6.37. The molecule has 2 aromatic rings. The first-order valence-electron chi connectivity index (χ1n) is 6.75. The van der Waals surface area contributed by atoms with Crippen molar-refractivity contribution in [3.8, 4) is 0 Å². The van der Waals surface area contributed by atoms with Crippen LogP contribution >= 0.6 is 0 Å². The van der Waals surface area contributed by atoms with Crippen LogP contribution in [0.2, 0.25) is 0 Å². The number of nitrogens with one attached hydrogen (secondary N) is 1. The first-order chi connectivity index (χ1) is 10.8. The van der Waals surface area contributed by atoms with E-state index in [1.54, 1.807) is 0 Å². The van der Waals surface area contributed by atoms with Crippen LogP contribution in [0.1, 0.15) is 31.0 Å². The van der Waals surface area contributed by atoms with Crippen molar-refractivity contribution in [1.29, 1.82) is 0 Å². The lowest BCUT2D eigenvalue weighted by Gasteiger charge is -2.11. The number of rotatable bonds is 6. The Morgan fingerprint density at radius 2 is 1.91 bits per heavy atom. The Labute approximate surface area is 131 Å². The minimum atomic E-state index is -4.18. The predicted octanol–water partition coefficient (Wildman–Crippen LogP) is 3.31. The van der Waals surface area contributed by atoms with E-state index in [9.17, 15) is 21.6 Å². The number of hydrogen-bond donors (Lipinski definition) is 1. The molecule has 124 valence electrons. The molecule has 0 radical (unpaired) electrons. The zero-order chi connectivity index (χ0) is 17.0. The van der Waals surface area contributed by atoms with E-state index in [-0.39, 0.29) is 5.82 Å². The summed E-state index contributed by atoms with van der Waals surface area (Å²) in [7, 11) is -4.18. The first-order valence-corrected chi connectivity index (χ1v) is 8.23. The molecule has 1 heterocycles. The highest BCUT2D eigenvalue weighted by Crippen LogP contribution is 2.26. The Hall–Kier alpha value is -2.16. The molecule has 0 aliphatic rings. The van der Waals surface area contributed by atoms with Gasteiger partial charge in [0.1, 0.15) is 5.82 Å². The number of sulfonamides is 1. The van der Waals surface area contributed by atoms with Crippen LogP contribution in [0.5, 0.6) is 0 Å². The number of aryl methyl sites for hydroxylation is 1. The van der Waals surface area contributed by atoms with Crippen LogP contribution in [0.4, 0.5) is 19.0 Å². The third kappa shape index (κ3) is 3.98. The van der Waals surface area contributed by atoms with Gasteiger partial charge in [-0.1, -0.05) is 13.3 Å². The normalized spacial score (nSPS) is 11.7. The number of aromatic nitrogens is 2. The monoisotopic (exact) mass is 345 g/mol. The molecule has 0 unspecified atom stereocenters. The Morgan fingerprint density at radius 1 is 1.22 bits per heavy atom. The Kier molecular flexibility index (Phi) is 5.19. The molecule has 1 N–H and O–H groups in total. The summed E-state index contributed by atoms with van der Waals surface area (Å²) in [4.78, 5) is 7.47. The molecule has 0 saturated heterocycles. The highest BCUT2D eigenvalue weighted by molar-refractivity contribution is 7.92. The quantitative estimate of drug-likeness (QED) is 0.872. The minimum Gasteiger partial charge on any atom is -0.262 e. The second-order valence-electron chi connectivity index (χ2n) is 4.69. The van der Waals surface area contributed by atoms with E-state index in [0.717, 1.165) is 12.5 Å². The molecule has 5 nitrogen and oxygen atoms in total. The van der Waals surface area contributed by atoms with Crippen LogP contribution in [0.25, 0.3) is 0 Å². The molecule has 0 amide bonds. The summed E-state index contributed by atoms with van der Waals surface area (Å²) in [6.07, 6.45) is 0.843. The van der Waals surface area contributed by atoms with Crippen molar-refractivity contribution in [2.24, 2.45) is 0 Å². The predicted molar refractivity (Wildman–Crippen MR) is 78.2 cm³/mol. The number of alkyl halides is 2. The van der Waals surface area contributed by atoms with E-state index < -0.39 is 32.7 Å². The summed E-state index contributed by atoms with van der Waals surface area (Å²) in [5.41, 5.74) is -0.532. The van der Waals surface area contributed by atoms with E-state index in [2.05, 4.69) is 14.7 Å². The van der Waals surface area contributed by atoms with Gasteiger partial charge in [0, 0.05) is 12.4 Å². The molecular formula is C14H14F3N3O2S. The number of nitrogens with zero attached hydrogens (tertiary/aromatic N) is 2. The number of halogens is 3. The van der Waals surface area contributed by atoms with E-state index >= 15 is 0 Å². The van der Waals surface area contributed by atoms with Crippen molar-refractivity contribution in [3.63, 3.8) is 0 Å². The van der Waals surface area contributed by atoms with Gasteiger partial charge >= 0.3 is 0 Å². The average molecular weight is 345 g/mol. The maximum Gasteiger partial charge on any atom is 0.266 e. The highest BCUT2D eigenvalue weighted by atomic mass is 32.2. The maximum atomic E-state index is 13.3. The van der Waals surface area contributed by atoms with Gasteiger partial charge in [-0.2, -0.15) is 0 Å². The third-order valence-corrected chi connectivity index (χ3v) is 4.34.